The third-order valence-corrected chi connectivity index (χ3v) is 3.81. The van der Waals surface area contributed by atoms with Crippen molar-refractivity contribution in [1.29, 1.82) is 0 Å². The quantitative estimate of drug-likeness (QED) is 0.610. The van der Waals surface area contributed by atoms with E-state index in [0.717, 1.165) is 24.5 Å². The summed E-state index contributed by atoms with van der Waals surface area (Å²) in [5.74, 6) is 2.13. The second-order valence-electron chi connectivity index (χ2n) is 5.47. The molecule has 2 rings (SSSR count). The van der Waals surface area contributed by atoms with E-state index in [1.165, 1.54) is 5.46 Å². The summed E-state index contributed by atoms with van der Waals surface area (Å²) in [7, 11) is 0.883. The number of benzene rings is 1. The lowest BCUT2D eigenvalue weighted by atomic mass is 9.75. The number of fused-ring (bicyclic) bond motifs is 1. The molecule has 1 aromatic carbocycles. The minimum absolute atomic E-state index is 0.304. The normalized spacial score (nSPS) is 13.7. The van der Waals surface area contributed by atoms with E-state index in [9.17, 15) is 0 Å². The summed E-state index contributed by atoms with van der Waals surface area (Å²) >= 11 is 6.06. The molecule has 1 aliphatic heterocycles. The fraction of sp³-hybridized carbons (Fsp3) is 0.571. The van der Waals surface area contributed by atoms with Crippen LogP contribution in [0.25, 0.3) is 0 Å². The smallest absolute Gasteiger partial charge is 0.239 e. The Kier molecular flexibility index (Phi) is 4.64. The van der Waals surface area contributed by atoms with Gasteiger partial charge in [0.15, 0.2) is 11.5 Å². The number of alkyl halides is 1. The fourth-order valence-electron chi connectivity index (χ4n) is 2.46. The van der Waals surface area contributed by atoms with Crippen molar-refractivity contribution in [3.8, 4) is 11.5 Å². The Hall–Kier alpha value is -0.865. The van der Waals surface area contributed by atoms with Crippen molar-refractivity contribution in [2.45, 2.75) is 45.7 Å². The molecular formula is C14H21BClNO2. The standard InChI is InChI=1S/C14H21BClNO2/c1-9(2)17(10(3)4)15-12-6-14-13(18-8-19-14)5-11(12)7-16/h5-6,9-10,15H,7-8H2,1-4H3. The molecule has 0 saturated carbocycles. The Morgan fingerprint density at radius 1 is 1.16 bits per heavy atom. The van der Waals surface area contributed by atoms with Crippen LogP contribution in [0.1, 0.15) is 33.3 Å². The van der Waals surface area contributed by atoms with Gasteiger partial charge >= 0.3 is 0 Å². The highest BCUT2D eigenvalue weighted by Crippen LogP contribution is 2.32. The molecule has 0 aliphatic carbocycles. The van der Waals surface area contributed by atoms with Gasteiger partial charge in [0.2, 0.25) is 14.2 Å². The van der Waals surface area contributed by atoms with Gasteiger partial charge in [-0.2, -0.15) is 0 Å². The van der Waals surface area contributed by atoms with Crippen LogP contribution in [0.3, 0.4) is 0 Å². The summed E-state index contributed by atoms with van der Waals surface area (Å²) in [4.78, 5) is 2.44. The van der Waals surface area contributed by atoms with Crippen LogP contribution in [0.4, 0.5) is 0 Å². The molecule has 0 bridgehead atoms. The van der Waals surface area contributed by atoms with Crippen molar-refractivity contribution < 1.29 is 9.47 Å². The molecule has 104 valence electrons. The zero-order valence-corrected chi connectivity index (χ0v) is 12.8. The topological polar surface area (TPSA) is 21.7 Å². The first-order valence-electron chi connectivity index (χ1n) is 6.76. The van der Waals surface area contributed by atoms with Gasteiger partial charge in [0.05, 0.1) is 0 Å². The van der Waals surface area contributed by atoms with E-state index in [1.54, 1.807) is 0 Å². The highest BCUT2D eigenvalue weighted by Gasteiger charge is 2.21. The predicted molar refractivity (Wildman–Crippen MR) is 81.0 cm³/mol. The van der Waals surface area contributed by atoms with Gasteiger partial charge < -0.3 is 14.3 Å². The lowest BCUT2D eigenvalue weighted by Crippen LogP contribution is -2.45. The van der Waals surface area contributed by atoms with Crippen LogP contribution >= 0.6 is 11.6 Å². The van der Waals surface area contributed by atoms with Crippen LogP contribution in [0.2, 0.25) is 0 Å². The second kappa shape index (κ2) is 6.06. The molecule has 0 aromatic heterocycles. The summed E-state index contributed by atoms with van der Waals surface area (Å²) in [6.07, 6.45) is 0. The highest BCUT2D eigenvalue weighted by molar-refractivity contribution is 6.52. The maximum absolute atomic E-state index is 6.06. The average molecular weight is 282 g/mol. The van der Waals surface area contributed by atoms with Gasteiger partial charge in [0, 0.05) is 5.88 Å². The van der Waals surface area contributed by atoms with Gasteiger partial charge in [-0.3, -0.25) is 0 Å². The molecule has 0 fully saturated rings. The SMILES string of the molecule is CC(C)N(Bc1cc2c(cc1CCl)OCO2)C(C)C. The van der Waals surface area contributed by atoms with E-state index < -0.39 is 0 Å². The van der Waals surface area contributed by atoms with Crippen LogP contribution < -0.4 is 14.9 Å². The second-order valence-corrected chi connectivity index (χ2v) is 5.73. The van der Waals surface area contributed by atoms with E-state index in [1.807, 2.05) is 6.07 Å². The third-order valence-electron chi connectivity index (χ3n) is 3.52. The van der Waals surface area contributed by atoms with E-state index in [0.29, 0.717) is 24.8 Å². The summed E-state index contributed by atoms with van der Waals surface area (Å²) in [6, 6.07) is 5.06. The predicted octanol–water partition coefficient (Wildman–Crippen LogP) is 2.25. The lowest BCUT2D eigenvalue weighted by Gasteiger charge is -2.30. The van der Waals surface area contributed by atoms with Crippen molar-refractivity contribution >= 4 is 24.5 Å². The zero-order valence-electron chi connectivity index (χ0n) is 12.1. The van der Waals surface area contributed by atoms with E-state index in [4.69, 9.17) is 21.1 Å². The lowest BCUT2D eigenvalue weighted by molar-refractivity contribution is 0.174. The van der Waals surface area contributed by atoms with Crippen LogP contribution in [0.15, 0.2) is 12.1 Å². The number of rotatable bonds is 5. The molecule has 5 heteroatoms. The van der Waals surface area contributed by atoms with Crippen LogP contribution in [-0.2, 0) is 5.88 Å². The molecule has 0 radical (unpaired) electrons. The number of nitrogens with zero attached hydrogens (tertiary/aromatic N) is 1. The van der Waals surface area contributed by atoms with E-state index in [-0.39, 0.29) is 0 Å². The van der Waals surface area contributed by atoms with E-state index >= 15 is 0 Å². The summed E-state index contributed by atoms with van der Waals surface area (Å²) < 4.78 is 10.9. The molecule has 0 saturated heterocycles. The van der Waals surface area contributed by atoms with Crippen molar-refractivity contribution in [2.24, 2.45) is 0 Å². The largest absolute Gasteiger partial charge is 0.454 e. The molecule has 0 N–H and O–H groups in total. The first kappa shape index (κ1) is 14.5. The molecule has 0 amide bonds. The Labute approximate surface area is 121 Å². The first-order chi connectivity index (χ1) is 9.02. The Balaban J connectivity index is 2.28. The molecule has 3 nitrogen and oxygen atoms in total. The van der Waals surface area contributed by atoms with Crippen LogP contribution in [-0.4, -0.2) is 31.1 Å². The third kappa shape index (κ3) is 3.18. The zero-order chi connectivity index (χ0) is 14.0. The van der Waals surface area contributed by atoms with Gasteiger partial charge in [-0.15, -0.1) is 11.6 Å². The van der Waals surface area contributed by atoms with Crippen molar-refractivity contribution in [3.05, 3.63) is 17.7 Å². The van der Waals surface area contributed by atoms with Crippen molar-refractivity contribution in [3.63, 3.8) is 0 Å². The molecule has 1 aliphatic rings. The Bertz CT molecular complexity index is 443. The van der Waals surface area contributed by atoms with Crippen molar-refractivity contribution in [1.82, 2.24) is 4.81 Å². The Morgan fingerprint density at radius 2 is 1.74 bits per heavy atom. The number of hydrogen-bond acceptors (Lipinski definition) is 3. The van der Waals surface area contributed by atoms with Gasteiger partial charge in [-0.1, -0.05) is 33.2 Å². The van der Waals surface area contributed by atoms with Crippen LogP contribution in [0, 0.1) is 0 Å². The van der Waals surface area contributed by atoms with Gasteiger partial charge in [-0.25, -0.2) is 0 Å². The molecular weight excluding hydrogens is 260 g/mol. The summed E-state index contributed by atoms with van der Waals surface area (Å²) in [5.41, 5.74) is 2.35. The van der Waals surface area contributed by atoms with Gasteiger partial charge in [-0.05, 0) is 29.8 Å². The van der Waals surface area contributed by atoms with Gasteiger partial charge in [0.1, 0.15) is 0 Å². The molecule has 0 unspecified atom stereocenters. The Morgan fingerprint density at radius 3 is 2.26 bits per heavy atom. The molecule has 0 atom stereocenters. The molecule has 19 heavy (non-hydrogen) atoms. The van der Waals surface area contributed by atoms with Crippen LogP contribution in [0.5, 0.6) is 11.5 Å². The number of hydrogen-bond donors (Lipinski definition) is 0. The summed E-state index contributed by atoms with van der Waals surface area (Å²) in [6.45, 7) is 9.17. The fourth-order valence-corrected chi connectivity index (χ4v) is 2.70. The highest BCUT2D eigenvalue weighted by atomic mass is 35.5. The average Bonchev–Trinajstić information content (AvgIpc) is 2.80. The van der Waals surface area contributed by atoms with E-state index in [2.05, 4.69) is 38.6 Å². The first-order valence-corrected chi connectivity index (χ1v) is 7.29. The number of ether oxygens (including phenoxy) is 2. The minimum Gasteiger partial charge on any atom is -0.454 e. The minimum atomic E-state index is 0.304. The summed E-state index contributed by atoms with van der Waals surface area (Å²) in [5, 5.41) is 0. The molecule has 1 aromatic rings. The van der Waals surface area contributed by atoms with Gasteiger partial charge in [0.25, 0.3) is 0 Å². The number of halogens is 1. The maximum atomic E-state index is 6.06. The van der Waals surface area contributed by atoms with Crippen molar-refractivity contribution in [2.75, 3.05) is 6.79 Å². The maximum Gasteiger partial charge on any atom is 0.239 e. The monoisotopic (exact) mass is 281 g/mol. The molecule has 1 heterocycles. The molecule has 0 spiro atoms.